The van der Waals surface area contributed by atoms with Gasteiger partial charge in [-0.2, -0.15) is 0 Å². The minimum Gasteiger partial charge on any atom is -0.390 e. The van der Waals surface area contributed by atoms with Gasteiger partial charge in [-0.3, -0.25) is 0 Å². The molecule has 0 saturated heterocycles. The second kappa shape index (κ2) is 5.50. The Balaban J connectivity index is 1.95. The molecule has 1 unspecified atom stereocenters. The first-order chi connectivity index (χ1) is 7.72. The van der Waals surface area contributed by atoms with Crippen molar-refractivity contribution in [2.45, 2.75) is 82.3 Å². The summed E-state index contributed by atoms with van der Waals surface area (Å²) in [5.41, 5.74) is -0.757. The van der Waals surface area contributed by atoms with Gasteiger partial charge >= 0.3 is 0 Å². The number of hydrogen-bond donors (Lipinski definition) is 2. The van der Waals surface area contributed by atoms with Gasteiger partial charge in [-0.15, -0.1) is 0 Å². The molecule has 2 heteroatoms. The van der Waals surface area contributed by atoms with E-state index in [4.69, 9.17) is 0 Å². The third kappa shape index (κ3) is 2.78. The average Bonchev–Trinajstić information content (AvgIpc) is 2.57. The van der Waals surface area contributed by atoms with E-state index in [1.165, 1.54) is 32.1 Å². The van der Waals surface area contributed by atoms with Crippen LogP contribution in [0.5, 0.6) is 0 Å². The van der Waals surface area contributed by atoms with Gasteiger partial charge in [0.1, 0.15) is 0 Å². The molecule has 1 atom stereocenters. The van der Waals surface area contributed by atoms with Crippen LogP contribution in [0.1, 0.15) is 70.6 Å². The maximum Gasteiger partial charge on any atom is 0.0908 e. The second-order valence-electron chi connectivity index (χ2n) is 5.86. The lowest BCUT2D eigenvalue weighted by Gasteiger charge is -2.40. The summed E-state index contributed by atoms with van der Waals surface area (Å²) in [4.78, 5) is 0. The number of aliphatic hydroxyl groups is 2. The summed E-state index contributed by atoms with van der Waals surface area (Å²) in [6.07, 6.45) is 11.9. The summed E-state index contributed by atoms with van der Waals surface area (Å²) in [6, 6.07) is 0. The molecule has 2 nitrogen and oxygen atoms in total. The van der Waals surface area contributed by atoms with E-state index >= 15 is 0 Å². The van der Waals surface area contributed by atoms with Crippen LogP contribution in [-0.4, -0.2) is 21.9 Å². The Morgan fingerprint density at radius 2 is 1.31 bits per heavy atom. The van der Waals surface area contributed by atoms with Crippen molar-refractivity contribution >= 4 is 0 Å². The molecule has 16 heavy (non-hydrogen) atoms. The van der Waals surface area contributed by atoms with Crippen LogP contribution in [0.25, 0.3) is 0 Å². The molecule has 2 rings (SSSR count). The number of hydrogen-bond acceptors (Lipinski definition) is 2. The standard InChI is InChI=1S/C14H26O2/c15-13(12-8-4-1-2-5-9-12)14(16)10-6-3-7-11-14/h12-13,15-16H,1-11H2. The lowest BCUT2D eigenvalue weighted by atomic mass is 9.74. The normalized spacial score (nSPS) is 29.6. The Labute approximate surface area is 99.1 Å². The van der Waals surface area contributed by atoms with Crippen LogP contribution in [0.15, 0.2) is 0 Å². The van der Waals surface area contributed by atoms with Crippen molar-refractivity contribution < 1.29 is 10.2 Å². The topological polar surface area (TPSA) is 40.5 Å². The van der Waals surface area contributed by atoms with Crippen LogP contribution in [-0.2, 0) is 0 Å². The highest BCUT2D eigenvalue weighted by atomic mass is 16.3. The third-order valence-corrected chi connectivity index (χ3v) is 4.62. The molecule has 0 heterocycles. The van der Waals surface area contributed by atoms with Gasteiger partial charge in [0.15, 0.2) is 0 Å². The van der Waals surface area contributed by atoms with Gasteiger partial charge in [-0.1, -0.05) is 44.9 Å². The summed E-state index contributed by atoms with van der Waals surface area (Å²) in [7, 11) is 0. The lowest BCUT2D eigenvalue weighted by molar-refractivity contribution is -0.122. The molecule has 0 bridgehead atoms. The highest BCUT2D eigenvalue weighted by Crippen LogP contribution is 2.37. The summed E-state index contributed by atoms with van der Waals surface area (Å²) in [5.74, 6) is 0.352. The molecule has 0 spiro atoms. The smallest absolute Gasteiger partial charge is 0.0908 e. The highest BCUT2D eigenvalue weighted by molar-refractivity contribution is 4.92. The molecule has 2 saturated carbocycles. The molecule has 0 aromatic rings. The van der Waals surface area contributed by atoms with Gasteiger partial charge in [0.05, 0.1) is 11.7 Å². The largest absolute Gasteiger partial charge is 0.390 e. The number of rotatable bonds is 2. The molecule has 0 amide bonds. The van der Waals surface area contributed by atoms with E-state index in [1.54, 1.807) is 0 Å². The Morgan fingerprint density at radius 1 is 0.812 bits per heavy atom. The molecular weight excluding hydrogens is 200 g/mol. The third-order valence-electron chi connectivity index (χ3n) is 4.62. The average molecular weight is 226 g/mol. The van der Waals surface area contributed by atoms with Crippen LogP contribution < -0.4 is 0 Å². The Hall–Kier alpha value is -0.0800. The van der Waals surface area contributed by atoms with Crippen molar-refractivity contribution in [3.63, 3.8) is 0 Å². The fourth-order valence-electron chi connectivity index (χ4n) is 3.53. The summed E-state index contributed by atoms with van der Waals surface area (Å²) >= 11 is 0. The van der Waals surface area contributed by atoms with Gasteiger partial charge in [0.2, 0.25) is 0 Å². The Morgan fingerprint density at radius 3 is 1.88 bits per heavy atom. The van der Waals surface area contributed by atoms with Gasteiger partial charge in [-0.05, 0) is 31.6 Å². The molecule has 0 aromatic heterocycles. The Bertz CT molecular complexity index is 201. The first-order valence-electron chi connectivity index (χ1n) is 7.13. The fourth-order valence-corrected chi connectivity index (χ4v) is 3.53. The minimum absolute atomic E-state index is 0.352. The zero-order chi connectivity index (χ0) is 11.4. The van der Waals surface area contributed by atoms with Crippen molar-refractivity contribution in [1.29, 1.82) is 0 Å². The SMILES string of the molecule is OC(C1CCCCCC1)C1(O)CCCCC1. The van der Waals surface area contributed by atoms with E-state index in [0.29, 0.717) is 5.92 Å². The Kier molecular flexibility index (Phi) is 4.26. The van der Waals surface area contributed by atoms with E-state index in [-0.39, 0.29) is 0 Å². The monoisotopic (exact) mass is 226 g/mol. The lowest BCUT2D eigenvalue weighted by Crippen LogP contribution is -2.47. The molecule has 2 fully saturated rings. The molecule has 0 aromatic carbocycles. The van der Waals surface area contributed by atoms with Crippen LogP contribution in [0.3, 0.4) is 0 Å². The molecule has 2 aliphatic carbocycles. The molecular formula is C14H26O2. The van der Waals surface area contributed by atoms with Crippen LogP contribution in [0.4, 0.5) is 0 Å². The van der Waals surface area contributed by atoms with E-state index in [0.717, 1.165) is 38.5 Å². The molecule has 2 N–H and O–H groups in total. The van der Waals surface area contributed by atoms with Gasteiger partial charge in [-0.25, -0.2) is 0 Å². The number of aliphatic hydroxyl groups excluding tert-OH is 1. The molecule has 94 valence electrons. The highest BCUT2D eigenvalue weighted by Gasteiger charge is 2.40. The summed E-state index contributed by atoms with van der Waals surface area (Å²) in [5, 5.41) is 21.0. The maximum absolute atomic E-state index is 10.5. The zero-order valence-electron chi connectivity index (χ0n) is 10.3. The summed E-state index contributed by atoms with van der Waals surface area (Å²) < 4.78 is 0. The molecule has 2 aliphatic rings. The van der Waals surface area contributed by atoms with E-state index in [9.17, 15) is 10.2 Å². The predicted octanol–water partition coefficient (Wildman–Crippen LogP) is 3.01. The van der Waals surface area contributed by atoms with Crippen molar-refractivity contribution in [1.82, 2.24) is 0 Å². The van der Waals surface area contributed by atoms with Crippen LogP contribution in [0, 0.1) is 5.92 Å². The van der Waals surface area contributed by atoms with Crippen molar-refractivity contribution in [2.75, 3.05) is 0 Å². The van der Waals surface area contributed by atoms with Gasteiger partial charge in [0.25, 0.3) is 0 Å². The maximum atomic E-state index is 10.5. The zero-order valence-corrected chi connectivity index (χ0v) is 10.3. The van der Waals surface area contributed by atoms with Crippen molar-refractivity contribution in [2.24, 2.45) is 5.92 Å². The second-order valence-corrected chi connectivity index (χ2v) is 5.86. The van der Waals surface area contributed by atoms with Gasteiger partial charge < -0.3 is 10.2 Å². The summed E-state index contributed by atoms with van der Waals surface area (Å²) in [6.45, 7) is 0. The minimum atomic E-state index is -0.757. The van der Waals surface area contributed by atoms with Crippen molar-refractivity contribution in [3.8, 4) is 0 Å². The van der Waals surface area contributed by atoms with E-state index in [2.05, 4.69) is 0 Å². The van der Waals surface area contributed by atoms with Crippen LogP contribution in [0.2, 0.25) is 0 Å². The first kappa shape index (κ1) is 12.4. The predicted molar refractivity (Wildman–Crippen MR) is 65.2 cm³/mol. The van der Waals surface area contributed by atoms with E-state index in [1.807, 2.05) is 0 Å². The van der Waals surface area contributed by atoms with Crippen molar-refractivity contribution in [3.05, 3.63) is 0 Å². The quantitative estimate of drug-likeness (QED) is 0.711. The molecule has 0 radical (unpaired) electrons. The fraction of sp³-hybridized carbons (Fsp3) is 1.00. The molecule has 0 aliphatic heterocycles. The van der Waals surface area contributed by atoms with Crippen LogP contribution >= 0.6 is 0 Å². The van der Waals surface area contributed by atoms with E-state index < -0.39 is 11.7 Å². The van der Waals surface area contributed by atoms with Gasteiger partial charge in [0, 0.05) is 0 Å². The first-order valence-corrected chi connectivity index (χ1v) is 7.13.